The summed E-state index contributed by atoms with van der Waals surface area (Å²) in [6.07, 6.45) is 1.43. The van der Waals surface area contributed by atoms with E-state index in [4.69, 9.17) is 5.73 Å². The summed E-state index contributed by atoms with van der Waals surface area (Å²) in [6, 6.07) is 4.67. The van der Waals surface area contributed by atoms with Crippen LogP contribution in [0.4, 0.5) is 5.82 Å². The number of tetrazole rings is 1. The zero-order chi connectivity index (χ0) is 18.6. The highest BCUT2D eigenvalue weighted by atomic mass is 16.2. The molecular weight excluding hydrogens is 338 g/mol. The van der Waals surface area contributed by atoms with Crippen molar-refractivity contribution in [1.29, 1.82) is 0 Å². The lowest BCUT2D eigenvalue weighted by atomic mass is 10.1. The van der Waals surface area contributed by atoms with Crippen molar-refractivity contribution in [3.63, 3.8) is 0 Å². The average Bonchev–Trinajstić information content (AvgIpc) is 3.20. The molecule has 0 saturated heterocycles. The molecule has 3 aromatic rings. The molecule has 10 heteroatoms. The topological polar surface area (TPSA) is 138 Å². The molecule has 3 N–H and O–H groups in total. The van der Waals surface area contributed by atoms with Crippen molar-refractivity contribution in [1.82, 2.24) is 30.1 Å². The highest BCUT2D eigenvalue weighted by Gasteiger charge is 2.32. The first kappa shape index (κ1) is 15.7. The summed E-state index contributed by atoms with van der Waals surface area (Å²) < 4.78 is 2.66. The minimum Gasteiger partial charge on any atom is -0.384 e. The monoisotopic (exact) mass is 351 g/mol. The number of rotatable bonds is 2. The van der Waals surface area contributed by atoms with E-state index in [1.54, 1.807) is 6.07 Å². The second-order valence-electron chi connectivity index (χ2n) is 5.94. The summed E-state index contributed by atoms with van der Waals surface area (Å²) in [6.45, 7) is 3.70. The summed E-state index contributed by atoms with van der Waals surface area (Å²) in [5.74, 6) is -1.34. The molecule has 0 fully saturated rings. The number of nitrogen functional groups attached to an aromatic ring is 1. The van der Waals surface area contributed by atoms with Gasteiger partial charge in [0.2, 0.25) is 0 Å². The van der Waals surface area contributed by atoms with E-state index >= 15 is 0 Å². The van der Waals surface area contributed by atoms with Crippen LogP contribution < -0.4 is 16.6 Å². The number of nitrogens with zero attached hydrogens (tertiary/aromatic N) is 5. The molecule has 0 saturated carbocycles. The fraction of sp³-hybridized carbons (Fsp3) is 0.125. The van der Waals surface area contributed by atoms with Crippen LogP contribution in [-0.4, -0.2) is 36.6 Å². The first-order valence-electron chi connectivity index (χ1n) is 7.64. The van der Waals surface area contributed by atoms with Crippen LogP contribution in [0.5, 0.6) is 0 Å². The lowest BCUT2D eigenvalue weighted by molar-refractivity contribution is 0.0880. The molecule has 0 unspecified atom stereocenters. The number of aromatic nitrogens is 5. The molecule has 1 aliphatic heterocycles. The van der Waals surface area contributed by atoms with E-state index < -0.39 is 17.4 Å². The van der Waals surface area contributed by atoms with E-state index in [0.717, 1.165) is 17.2 Å². The first-order valence-corrected chi connectivity index (χ1v) is 7.64. The summed E-state index contributed by atoms with van der Waals surface area (Å²) in [5.41, 5.74) is 8.36. The third-order valence-corrected chi connectivity index (χ3v) is 4.43. The van der Waals surface area contributed by atoms with Gasteiger partial charge < -0.3 is 5.73 Å². The molecule has 130 valence electrons. The number of anilines is 1. The number of fused-ring (bicyclic) bond motifs is 1. The van der Waals surface area contributed by atoms with Crippen molar-refractivity contribution < 1.29 is 9.59 Å². The molecule has 1 aliphatic rings. The van der Waals surface area contributed by atoms with E-state index in [1.165, 1.54) is 15.6 Å². The van der Waals surface area contributed by atoms with Crippen LogP contribution in [0.15, 0.2) is 29.3 Å². The van der Waals surface area contributed by atoms with Gasteiger partial charge in [-0.2, -0.15) is 0 Å². The molecule has 0 atom stereocenters. The lowest BCUT2D eigenvalue weighted by Crippen LogP contribution is -2.25. The quantitative estimate of drug-likeness (QED) is 0.615. The minimum atomic E-state index is -0.628. The van der Waals surface area contributed by atoms with Crippen molar-refractivity contribution in [3.05, 3.63) is 57.1 Å². The van der Waals surface area contributed by atoms with Crippen molar-refractivity contribution in [3.8, 4) is 11.4 Å². The summed E-state index contributed by atoms with van der Waals surface area (Å²) in [7, 11) is 0. The number of hydrogen-bond acceptors (Lipinski definition) is 7. The maximum Gasteiger partial charge on any atom is 0.262 e. The molecule has 0 aliphatic carbocycles. The molecule has 0 spiro atoms. The second-order valence-corrected chi connectivity index (χ2v) is 5.94. The van der Waals surface area contributed by atoms with E-state index in [9.17, 15) is 14.4 Å². The molecule has 0 radical (unpaired) electrons. The van der Waals surface area contributed by atoms with Crippen LogP contribution in [0, 0.1) is 13.8 Å². The number of carbonyl (C=O) groups is 2. The van der Waals surface area contributed by atoms with Gasteiger partial charge in [-0.1, -0.05) is 0 Å². The Balaban J connectivity index is 2.03. The summed E-state index contributed by atoms with van der Waals surface area (Å²) >= 11 is 0. The second kappa shape index (κ2) is 5.34. The minimum absolute atomic E-state index is 0.000483. The van der Waals surface area contributed by atoms with Gasteiger partial charge in [-0.25, -0.2) is 4.68 Å². The van der Waals surface area contributed by atoms with Crippen LogP contribution in [0.25, 0.3) is 11.4 Å². The molecule has 2 amide bonds. The summed E-state index contributed by atoms with van der Waals surface area (Å²) in [4.78, 5) is 36.5. The van der Waals surface area contributed by atoms with Crippen molar-refractivity contribution in [2.75, 3.05) is 5.73 Å². The molecule has 3 heterocycles. The van der Waals surface area contributed by atoms with Crippen LogP contribution in [-0.2, 0) is 0 Å². The highest BCUT2D eigenvalue weighted by Crippen LogP contribution is 2.27. The van der Waals surface area contributed by atoms with E-state index in [1.807, 2.05) is 19.9 Å². The highest BCUT2D eigenvalue weighted by molar-refractivity contribution is 6.23. The molecule has 0 bridgehead atoms. The third-order valence-electron chi connectivity index (χ3n) is 4.43. The number of nitrogens with two attached hydrogens (primary N) is 1. The van der Waals surface area contributed by atoms with Gasteiger partial charge in [-0.15, -0.1) is 5.10 Å². The molecule has 4 rings (SSSR count). The number of hydrogen-bond donors (Lipinski definition) is 2. The number of amides is 2. The Labute approximate surface area is 146 Å². The van der Waals surface area contributed by atoms with Gasteiger partial charge in [0.05, 0.1) is 22.5 Å². The smallest absolute Gasteiger partial charge is 0.262 e. The number of benzene rings is 1. The number of pyridine rings is 1. The standard InChI is InChI=1S/C16H13N7O3/c1-7-3-9(22-6-18-20-21-22)4-11(8(7)2)23-12(24)5-10-13(14(23)17)16(26)19-15(10)25/h3-6H,17H2,1-2H3,(H,19,25,26). The van der Waals surface area contributed by atoms with Crippen LogP contribution >= 0.6 is 0 Å². The van der Waals surface area contributed by atoms with Gasteiger partial charge >= 0.3 is 0 Å². The zero-order valence-corrected chi connectivity index (χ0v) is 13.8. The Morgan fingerprint density at radius 2 is 1.85 bits per heavy atom. The molecule has 2 aromatic heterocycles. The van der Waals surface area contributed by atoms with E-state index in [-0.39, 0.29) is 16.9 Å². The SMILES string of the molecule is Cc1cc(-n2cnnn2)cc(-n2c(N)c3c(cc2=O)C(=O)NC3=O)c1C. The Kier molecular flexibility index (Phi) is 3.22. The van der Waals surface area contributed by atoms with E-state index in [2.05, 4.69) is 20.8 Å². The van der Waals surface area contributed by atoms with Crippen LogP contribution in [0.1, 0.15) is 31.8 Å². The van der Waals surface area contributed by atoms with Crippen LogP contribution in [0.2, 0.25) is 0 Å². The predicted molar refractivity (Wildman–Crippen MR) is 90.4 cm³/mol. The number of nitrogens with one attached hydrogen (secondary N) is 1. The predicted octanol–water partition coefficient (Wildman–Crippen LogP) is -0.104. The maximum absolute atomic E-state index is 12.7. The average molecular weight is 351 g/mol. The Morgan fingerprint density at radius 1 is 1.08 bits per heavy atom. The fourth-order valence-electron chi connectivity index (χ4n) is 2.99. The van der Waals surface area contributed by atoms with Gasteiger partial charge in [0.15, 0.2) is 0 Å². The number of aryl methyl sites for hydroxylation is 1. The molecular formula is C16H13N7O3. The zero-order valence-electron chi connectivity index (χ0n) is 13.8. The van der Waals surface area contributed by atoms with Gasteiger partial charge in [0.25, 0.3) is 17.4 Å². The van der Waals surface area contributed by atoms with Gasteiger partial charge in [-0.05, 0) is 47.5 Å². The summed E-state index contributed by atoms with van der Waals surface area (Å²) in [5, 5.41) is 13.2. The van der Waals surface area contributed by atoms with Crippen LogP contribution in [0.3, 0.4) is 0 Å². The van der Waals surface area contributed by atoms with Gasteiger partial charge in [0.1, 0.15) is 12.1 Å². The van der Waals surface area contributed by atoms with Crippen molar-refractivity contribution in [2.24, 2.45) is 0 Å². The van der Waals surface area contributed by atoms with Gasteiger partial charge in [0, 0.05) is 6.07 Å². The van der Waals surface area contributed by atoms with Gasteiger partial charge in [-0.3, -0.25) is 24.3 Å². The van der Waals surface area contributed by atoms with Crippen molar-refractivity contribution >= 4 is 17.6 Å². The normalized spacial score (nSPS) is 13.0. The molecule has 1 aromatic carbocycles. The largest absolute Gasteiger partial charge is 0.384 e. The Hall–Kier alpha value is -3.82. The number of imide groups is 1. The Morgan fingerprint density at radius 3 is 2.54 bits per heavy atom. The molecule has 10 nitrogen and oxygen atoms in total. The third kappa shape index (κ3) is 2.12. The Bertz CT molecular complexity index is 1150. The lowest BCUT2D eigenvalue weighted by Gasteiger charge is -2.17. The molecule has 26 heavy (non-hydrogen) atoms. The maximum atomic E-state index is 12.7. The fourth-order valence-corrected chi connectivity index (χ4v) is 2.99. The van der Waals surface area contributed by atoms with E-state index in [0.29, 0.717) is 11.4 Å². The first-order chi connectivity index (χ1) is 12.4. The number of carbonyl (C=O) groups excluding carboxylic acids is 2. The van der Waals surface area contributed by atoms with Crippen molar-refractivity contribution in [2.45, 2.75) is 13.8 Å².